The van der Waals surface area contributed by atoms with Crippen LogP contribution in [-0.2, 0) is 6.54 Å². The van der Waals surface area contributed by atoms with E-state index in [1.54, 1.807) is 6.92 Å². The molecule has 0 aliphatic carbocycles. The number of likely N-dealkylation sites (N-methyl/N-ethyl adjacent to an activating group) is 1. The van der Waals surface area contributed by atoms with E-state index >= 15 is 0 Å². The van der Waals surface area contributed by atoms with Crippen molar-refractivity contribution in [2.24, 2.45) is 0 Å². The molecule has 0 amide bonds. The summed E-state index contributed by atoms with van der Waals surface area (Å²) in [5.74, 6) is 1.31. The summed E-state index contributed by atoms with van der Waals surface area (Å²) in [6.07, 6.45) is -0.343. The minimum Gasteiger partial charge on any atom is -0.454 e. The van der Waals surface area contributed by atoms with Crippen LogP contribution in [0.4, 0.5) is 0 Å². The Morgan fingerprint density at radius 1 is 1.47 bits per heavy atom. The van der Waals surface area contributed by atoms with E-state index in [4.69, 9.17) is 21.1 Å². The smallest absolute Gasteiger partial charge is 0.231 e. The summed E-state index contributed by atoms with van der Waals surface area (Å²) >= 11 is 6.09. The first-order valence-electron chi connectivity index (χ1n) is 5.51. The van der Waals surface area contributed by atoms with E-state index in [9.17, 15) is 5.11 Å². The minimum atomic E-state index is -0.343. The fourth-order valence-electron chi connectivity index (χ4n) is 1.94. The highest BCUT2D eigenvalue weighted by Crippen LogP contribution is 2.39. The van der Waals surface area contributed by atoms with Crippen LogP contribution >= 0.6 is 11.6 Å². The fourth-order valence-corrected chi connectivity index (χ4v) is 2.23. The Hall–Kier alpha value is -0.970. The van der Waals surface area contributed by atoms with Crippen LogP contribution in [0.5, 0.6) is 11.5 Å². The largest absolute Gasteiger partial charge is 0.454 e. The van der Waals surface area contributed by atoms with Crippen LogP contribution in [-0.4, -0.2) is 36.5 Å². The monoisotopic (exact) mass is 257 g/mol. The highest BCUT2D eigenvalue weighted by Gasteiger charge is 2.18. The molecule has 17 heavy (non-hydrogen) atoms. The lowest BCUT2D eigenvalue weighted by Crippen LogP contribution is -2.26. The van der Waals surface area contributed by atoms with Crippen LogP contribution in [0.3, 0.4) is 0 Å². The molecule has 0 spiro atoms. The third-order valence-corrected chi connectivity index (χ3v) is 2.80. The number of ether oxygens (including phenoxy) is 2. The lowest BCUT2D eigenvalue weighted by atomic mass is 10.2. The maximum Gasteiger partial charge on any atom is 0.231 e. The van der Waals surface area contributed by atoms with E-state index < -0.39 is 0 Å². The number of hydrogen-bond donors (Lipinski definition) is 1. The summed E-state index contributed by atoms with van der Waals surface area (Å²) in [5, 5.41) is 9.87. The first-order valence-corrected chi connectivity index (χ1v) is 5.88. The molecule has 1 aromatic rings. The zero-order valence-corrected chi connectivity index (χ0v) is 10.7. The molecule has 0 aromatic heterocycles. The molecule has 94 valence electrons. The normalized spacial score (nSPS) is 15.4. The van der Waals surface area contributed by atoms with Crippen LogP contribution in [0, 0.1) is 0 Å². The number of benzene rings is 1. The Kier molecular flexibility index (Phi) is 3.76. The molecule has 0 saturated heterocycles. The molecule has 1 N–H and O–H groups in total. The quantitative estimate of drug-likeness (QED) is 0.894. The van der Waals surface area contributed by atoms with Crippen LogP contribution in [0.2, 0.25) is 5.02 Å². The van der Waals surface area contributed by atoms with Gasteiger partial charge in [0.15, 0.2) is 11.5 Å². The van der Waals surface area contributed by atoms with Gasteiger partial charge in [0.25, 0.3) is 0 Å². The van der Waals surface area contributed by atoms with Gasteiger partial charge in [0.05, 0.1) is 11.1 Å². The molecule has 1 aliphatic heterocycles. The molecule has 1 aromatic carbocycles. The van der Waals surface area contributed by atoms with Crippen molar-refractivity contribution in [3.63, 3.8) is 0 Å². The van der Waals surface area contributed by atoms with Crippen LogP contribution in [0.25, 0.3) is 0 Å². The first-order chi connectivity index (χ1) is 8.06. The molecule has 1 heterocycles. The Labute approximate surface area is 106 Å². The second-order valence-corrected chi connectivity index (χ2v) is 4.76. The number of aliphatic hydroxyl groups is 1. The zero-order valence-electron chi connectivity index (χ0n) is 9.94. The molecular weight excluding hydrogens is 242 g/mol. The summed E-state index contributed by atoms with van der Waals surface area (Å²) in [6, 6.07) is 3.79. The van der Waals surface area contributed by atoms with E-state index in [0.29, 0.717) is 29.6 Å². The highest BCUT2D eigenvalue weighted by molar-refractivity contribution is 6.32. The third-order valence-electron chi connectivity index (χ3n) is 2.52. The van der Waals surface area contributed by atoms with Crippen molar-refractivity contribution in [3.8, 4) is 11.5 Å². The summed E-state index contributed by atoms with van der Waals surface area (Å²) < 4.78 is 10.6. The molecule has 4 nitrogen and oxygen atoms in total. The Bertz CT molecular complexity index is 409. The molecule has 0 radical (unpaired) electrons. The van der Waals surface area contributed by atoms with Crippen molar-refractivity contribution in [2.75, 3.05) is 20.4 Å². The van der Waals surface area contributed by atoms with E-state index in [-0.39, 0.29) is 12.9 Å². The molecule has 1 unspecified atom stereocenters. The highest BCUT2D eigenvalue weighted by atomic mass is 35.5. The van der Waals surface area contributed by atoms with E-state index in [1.807, 2.05) is 24.1 Å². The van der Waals surface area contributed by atoms with Gasteiger partial charge in [0, 0.05) is 13.1 Å². The summed E-state index contributed by atoms with van der Waals surface area (Å²) in [7, 11) is 1.95. The summed E-state index contributed by atoms with van der Waals surface area (Å²) in [6.45, 7) is 3.32. The number of aliphatic hydroxyl groups excluding tert-OH is 1. The molecule has 2 rings (SSSR count). The average Bonchev–Trinajstić information content (AvgIpc) is 2.64. The van der Waals surface area contributed by atoms with Crippen LogP contribution in [0.15, 0.2) is 12.1 Å². The predicted molar refractivity (Wildman–Crippen MR) is 65.6 cm³/mol. The van der Waals surface area contributed by atoms with Gasteiger partial charge in [-0.1, -0.05) is 11.6 Å². The maximum atomic E-state index is 9.30. The predicted octanol–water partition coefficient (Wildman–Crippen LogP) is 1.88. The number of rotatable bonds is 4. The van der Waals surface area contributed by atoms with Gasteiger partial charge in [-0.15, -0.1) is 0 Å². The average molecular weight is 258 g/mol. The van der Waals surface area contributed by atoms with Gasteiger partial charge >= 0.3 is 0 Å². The van der Waals surface area contributed by atoms with Gasteiger partial charge in [-0.05, 0) is 31.7 Å². The lowest BCUT2D eigenvalue weighted by Gasteiger charge is -2.18. The second kappa shape index (κ2) is 5.12. The number of hydrogen-bond acceptors (Lipinski definition) is 4. The van der Waals surface area contributed by atoms with Gasteiger partial charge in [0.2, 0.25) is 6.79 Å². The van der Waals surface area contributed by atoms with Crippen molar-refractivity contribution in [3.05, 3.63) is 22.7 Å². The Morgan fingerprint density at radius 3 is 2.94 bits per heavy atom. The SMILES string of the molecule is CC(O)CN(C)Cc1cc(Cl)c2c(c1)OCO2. The van der Waals surface area contributed by atoms with E-state index in [2.05, 4.69) is 0 Å². The van der Waals surface area contributed by atoms with E-state index in [1.165, 1.54) is 0 Å². The maximum absolute atomic E-state index is 9.30. The van der Waals surface area contributed by atoms with Gasteiger partial charge in [-0.2, -0.15) is 0 Å². The molecule has 0 fully saturated rings. The van der Waals surface area contributed by atoms with Gasteiger partial charge in [-0.25, -0.2) is 0 Å². The minimum absolute atomic E-state index is 0.224. The standard InChI is InChI=1S/C12H16ClNO3/c1-8(15)5-14(2)6-9-3-10(13)12-11(4-9)16-7-17-12/h3-4,8,15H,5-7H2,1-2H3. The topological polar surface area (TPSA) is 41.9 Å². The Balaban J connectivity index is 2.09. The van der Waals surface area contributed by atoms with Crippen molar-refractivity contribution < 1.29 is 14.6 Å². The Morgan fingerprint density at radius 2 is 2.24 bits per heavy atom. The summed E-state index contributed by atoms with van der Waals surface area (Å²) in [5.41, 5.74) is 1.04. The summed E-state index contributed by atoms with van der Waals surface area (Å²) in [4.78, 5) is 2.03. The fraction of sp³-hybridized carbons (Fsp3) is 0.500. The molecule has 0 saturated carbocycles. The molecule has 1 atom stereocenters. The van der Waals surface area contributed by atoms with Crippen molar-refractivity contribution in [1.29, 1.82) is 0 Å². The number of halogens is 1. The lowest BCUT2D eigenvalue weighted by molar-refractivity contribution is 0.138. The number of nitrogens with zero attached hydrogens (tertiary/aromatic N) is 1. The first kappa shape index (κ1) is 12.5. The van der Waals surface area contributed by atoms with Gasteiger partial charge < -0.3 is 14.6 Å². The van der Waals surface area contributed by atoms with Gasteiger partial charge in [0.1, 0.15) is 0 Å². The van der Waals surface area contributed by atoms with E-state index in [0.717, 1.165) is 5.56 Å². The molecule has 0 bridgehead atoms. The van der Waals surface area contributed by atoms with Crippen molar-refractivity contribution in [2.45, 2.75) is 19.6 Å². The zero-order chi connectivity index (χ0) is 12.4. The number of fused-ring (bicyclic) bond motifs is 1. The van der Waals surface area contributed by atoms with Crippen molar-refractivity contribution >= 4 is 11.6 Å². The van der Waals surface area contributed by atoms with Crippen LogP contribution in [0.1, 0.15) is 12.5 Å². The van der Waals surface area contributed by atoms with Crippen LogP contribution < -0.4 is 9.47 Å². The molecule has 1 aliphatic rings. The third kappa shape index (κ3) is 3.03. The molecular formula is C12H16ClNO3. The van der Waals surface area contributed by atoms with Gasteiger partial charge in [-0.3, -0.25) is 4.90 Å². The molecule has 5 heteroatoms. The van der Waals surface area contributed by atoms with Crippen molar-refractivity contribution in [1.82, 2.24) is 4.90 Å². The second-order valence-electron chi connectivity index (χ2n) is 4.36.